The Labute approximate surface area is 222 Å². The van der Waals surface area contributed by atoms with Crippen LogP contribution in [0.3, 0.4) is 0 Å². The predicted octanol–water partition coefficient (Wildman–Crippen LogP) is 4.44. The number of nitrogens with one attached hydrogen (secondary N) is 2. The topological polar surface area (TPSA) is 89.9 Å². The molecular weight excluding hydrogens is 488 g/mol. The van der Waals surface area contributed by atoms with E-state index in [0.29, 0.717) is 27.7 Å². The van der Waals surface area contributed by atoms with Crippen molar-refractivity contribution in [2.24, 2.45) is 5.10 Å². The first-order valence-corrected chi connectivity index (χ1v) is 12.0. The molecule has 0 radical (unpaired) electrons. The molecule has 0 saturated carbocycles. The van der Waals surface area contributed by atoms with Gasteiger partial charge in [0.1, 0.15) is 5.82 Å². The Morgan fingerprint density at radius 2 is 1.78 bits per heavy atom. The van der Waals surface area contributed by atoms with Crippen molar-refractivity contribution in [1.29, 1.82) is 0 Å². The van der Waals surface area contributed by atoms with Gasteiger partial charge in [0.05, 0.1) is 22.5 Å². The third-order valence-electron chi connectivity index (χ3n) is 5.31. The summed E-state index contributed by atoms with van der Waals surface area (Å²) in [6.45, 7) is 1.84. The molecule has 3 rings (SSSR count). The van der Waals surface area contributed by atoms with Crippen LogP contribution in [-0.4, -0.2) is 67.2 Å². The molecule has 0 aliphatic rings. The fourth-order valence-electron chi connectivity index (χ4n) is 3.32. The highest BCUT2D eigenvalue weighted by atomic mass is 35.5. The summed E-state index contributed by atoms with van der Waals surface area (Å²) < 4.78 is 0. The van der Waals surface area contributed by atoms with E-state index in [-0.39, 0.29) is 11.5 Å². The van der Waals surface area contributed by atoms with Gasteiger partial charge in [-0.25, -0.2) is 4.98 Å². The molecular formula is C28H29ClN6O2. The fraction of sp³-hybridized carbons (Fsp3) is 0.214. The molecule has 2 N–H and O–H groups in total. The van der Waals surface area contributed by atoms with E-state index in [1.807, 2.05) is 38.3 Å². The SMILES string of the molecule is C#Cc1ccc(NC(=O)c2ccc(C=NN(C)CCCN(C)C)cc2)c(C(=O)Nc2ccc(Cl)cn2)c1. The molecule has 0 bridgehead atoms. The number of rotatable bonds is 10. The van der Waals surface area contributed by atoms with Crippen molar-refractivity contribution >= 4 is 41.1 Å². The zero-order chi connectivity index (χ0) is 26.8. The minimum atomic E-state index is -0.469. The van der Waals surface area contributed by atoms with Crippen LogP contribution in [0, 0.1) is 12.3 Å². The Kier molecular flexibility index (Phi) is 9.78. The number of halogens is 1. The van der Waals surface area contributed by atoms with Gasteiger partial charge in [0.2, 0.25) is 0 Å². The van der Waals surface area contributed by atoms with Crippen LogP contribution in [0.4, 0.5) is 11.5 Å². The van der Waals surface area contributed by atoms with Crippen LogP contribution in [0.1, 0.15) is 38.3 Å². The van der Waals surface area contributed by atoms with E-state index in [1.165, 1.54) is 12.3 Å². The lowest BCUT2D eigenvalue weighted by atomic mass is 10.1. The smallest absolute Gasteiger partial charge is 0.258 e. The molecule has 0 fully saturated rings. The number of pyridine rings is 1. The van der Waals surface area contributed by atoms with E-state index >= 15 is 0 Å². The number of hydrazone groups is 1. The first-order chi connectivity index (χ1) is 17.7. The lowest BCUT2D eigenvalue weighted by Crippen LogP contribution is -2.20. The Bertz CT molecular complexity index is 1300. The van der Waals surface area contributed by atoms with Crippen molar-refractivity contribution < 1.29 is 9.59 Å². The summed E-state index contributed by atoms with van der Waals surface area (Å²) in [6.07, 6.45) is 9.70. The maximum Gasteiger partial charge on any atom is 0.258 e. The van der Waals surface area contributed by atoms with Gasteiger partial charge in [-0.1, -0.05) is 29.7 Å². The molecule has 0 aliphatic heterocycles. The molecule has 8 nitrogen and oxygen atoms in total. The van der Waals surface area contributed by atoms with Crippen LogP contribution in [0.5, 0.6) is 0 Å². The third-order valence-corrected chi connectivity index (χ3v) is 5.54. The lowest BCUT2D eigenvalue weighted by molar-refractivity contribution is 0.102. The minimum absolute atomic E-state index is 0.210. The second-order valence-electron chi connectivity index (χ2n) is 8.58. The number of anilines is 2. The Balaban J connectivity index is 1.68. The molecule has 1 aromatic heterocycles. The van der Waals surface area contributed by atoms with Gasteiger partial charge in [-0.2, -0.15) is 5.10 Å². The van der Waals surface area contributed by atoms with Gasteiger partial charge in [0, 0.05) is 30.9 Å². The molecule has 37 heavy (non-hydrogen) atoms. The molecule has 0 atom stereocenters. The van der Waals surface area contributed by atoms with Crippen molar-refractivity contribution in [1.82, 2.24) is 14.9 Å². The quantitative estimate of drug-likeness (QED) is 0.236. The summed E-state index contributed by atoms with van der Waals surface area (Å²) in [4.78, 5) is 32.1. The molecule has 9 heteroatoms. The molecule has 0 saturated heterocycles. The van der Waals surface area contributed by atoms with Gasteiger partial charge in [0.25, 0.3) is 11.8 Å². The molecule has 1 heterocycles. The zero-order valence-electron chi connectivity index (χ0n) is 21.0. The van der Waals surface area contributed by atoms with E-state index in [2.05, 4.69) is 31.5 Å². The van der Waals surface area contributed by atoms with Crippen LogP contribution in [-0.2, 0) is 0 Å². The highest BCUT2D eigenvalue weighted by molar-refractivity contribution is 6.30. The average molecular weight is 517 g/mol. The molecule has 190 valence electrons. The molecule has 2 amide bonds. The highest BCUT2D eigenvalue weighted by Crippen LogP contribution is 2.21. The normalized spacial score (nSPS) is 10.8. The maximum absolute atomic E-state index is 13.0. The summed E-state index contributed by atoms with van der Waals surface area (Å²) in [6, 6.07) is 15.0. The van der Waals surface area contributed by atoms with Crippen LogP contribution >= 0.6 is 11.6 Å². The standard InChI is InChI=1S/C28H29ClN6O2/c1-5-20-9-13-25(24(17-20)28(37)33-26-14-12-23(29)19-30-26)32-27(36)22-10-7-21(8-11-22)18-31-35(4)16-6-15-34(2)3/h1,7-14,17-19H,6,15-16H2,2-4H3,(H,32,36)(H,30,33,37). The summed E-state index contributed by atoms with van der Waals surface area (Å²) in [5, 5.41) is 12.3. The largest absolute Gasteiger partial charge is 0.321 e. The Hall–Kier alpha value is -4.19. The number of aromatic nitrogens is 1. The predicted molar refractivity (Wildman–Crippen MR) is 149 cm³/mol. The van der Waals surface area contributed by atoms with E-state index in [1.54, 1.807) is 42.6 Å². The zero-order valence-corrected chi connectivity index (χ0v) is 21.8. The summed E-state index contributed by atoms with van der Waals surface area (Å²) in [5.41, 5.74) is 2.33. The van der Waals surface area contributed by atoms with Crippen molar-refractivity contribution in [3.63, 3.8) is 0 Å². The van der Waals surface area contributed by atoms with Crippen molar-refractivity contribution in [2.75, 3.05) is 44.9 Å². The average Bonchev–Trinajstić information content (AvgIpc) is 2.89. The molecule has 3 aromatic rings. The maximum atomic E-state index is 13.0. The van der Waals surface area contributed by atoms with E-state index in [9.17, 15) is 9.59 Å². The molecule has 0 unspecified atom stereocenters. The van der Waals surface area contributed by atoms with Gasteiger partial charge < -0.3 is 20.5 Å². The minimum Gasteiger partial charge on any atom is -0.321 e. The van der Waals surface area contributed by atoms with E-state index in [4.69, 9.17) is 18.0 Å². The second kappa shape index (κ2) is 13.2. The van der Waals surface area contributed by atoms with Crippen LogP contribution in [0.15, 0.2) is 65.9 Å². The first-order valence-electron chi connectivity index (χ1n) is 11.6. The third kappa shape index (κ3) is 8.46. The monoisotopic (exact) mass is 516 g/mol. The Morgan fingerprint density at radius 3 is 2.43 bits per heavy atom. The van der Waals surface area contributed by atoms with Crippen molar-refractivity contribution in [3.05, 3.63) is 88.1 Å². The number of hydrogen-bond acceptors (Lipinski definition) is 6. The molecule has 0 spiro atoms. The molecule has 0 aliphatic carbocycles. The van der Waals surface area contributed by atoms with Crippen LogP contribution in [0.25, 0.3) is 0 Å². The highest BCUT2D eigenvalue weighted by Gasteiger charge is 2.16. The number of hydrogen-bond donors (Lipinski definition) is 2. The van der Waals surface area contributed by atoms with E-state index in [0.717, 1.165) is 25.1 Å². The lowest BCUT2D eigenvalue weighted by Gasteiger charge is -2.15. The second-order valence-corrected chi connectivity index (χ2v) is 9.02. The number of carbonyl (C=O) groups is 2. The van der Waals surface area contributed by atoms with Gasteiger partial charge in [-0.15, -0.1) is 6.42 Å². The number of amides is 2. The van der Waals surface area contributed by atoms with Crippen LogP contribution < -0.4 is 10.6 Å². The summed E-state index contributed by atoms with van der Waals surface area (Å²) in [7, 11) is 6.01. The van der Waals surface area contributed by atoms with Crippen molar-refractivity contribution in [3.8, 4) is 12.3 Å². The molecule has 2 aromatic carbocycles. The van der Waals surface area contributed by atoms with Crippen LogP contribution in [0.2, 0.25) is 5.02 Å². The van der Waals surface area contributed by atoms with Gasteiger partial charge in [-0.3, -0.25) is 9.59 Å². The Morgan fingerprint density at radius 1 is 1.03 bits per heavy atom. The first kappa shape index (κ1) is 27.4. The number of terminal acetylenes is 1. The van der Waals surface area contributed by atoms with E-state index < -0.39 is 5.91 Å². The summed E-state index contributed by atoms with van der Waals surface area (Å²) in [5.74, 6) is 1.99. The number of carbonyl (C=O) groups excluding carboxylic acids is 2. The van der Waals surface area contributed by atoms with Gasteiger partial charge in [0.15, 0.2) is 0 Å². The number of benzene rings is 2. The summed E-state index contributed by atoms with van der Waals surface area (Å²) >= 11 is 5.86. The number of nitrogens with zero attached hydrogens (tertiary/aromatic N) is 4. The fourth-order valence-corrected chi connectivity index (χ4v) is 3.43. The van der Waals surface area contributed by atoms with Crippen molar-refractivity contribution in [2.45, 2.75) is 6.42 Å². The van der Waals surface area contributed by atoms with Gasteiger partial charge >= 0.3 is 0 Å². The van der Waals surface area contributed by atoms with Gasteiger partial charge in [-0.05, 0) is 75.1 Å².